The highest BCUT2D eigenvalue weighted by molar-refractivity contribution is 5.73. The molecule has 0 aromatic rings. The maximum atomic E-state index is 12.0. The zero-order valence-electron chi connectivity index (χ0n) is 15.3. The van der Waals surface area contributed by atoms with Gasteiger partial charge in [-0.25, -0.2) is 4.79 Å². The Morgan fingerprint density at radius 1 is 1.17 bits per heavy atom. The zero-order chi connectivity index (χ0) is 17.0. The highest BCUT2D eigenvalue weighted by atomic mass is 16.7. The van der Waals surface area contributed by atoms with Crippen LogP contribution in [0.3, 0.4) is 0 Å². The van der Waals surface area contributed by atoms with Crippen molar-refractivity contribution in [3.05, 3.63) is 0 Å². The number of ether oxygens (including phenoxy) is 2. The Labute approximate surface area is 145 Å². The van der Waals surface area contributed by atoms with Gasteiger partial charge in [0.1, 0.15) is 0 Å². The van der Waals surface area contributed by atoms with Crippen LogP contribution < -0.4 is 5.32 Å². The van der Waals surface area contributed by atoms with Gasteiger partial charge in [-0.15, -0.1) is 0 Å². The van der Waals surface area contributed by atoms with Gasteiger partial charge < -0.3 is 24.6 Å². The van der Waals surface area contributed by atoms with Crippen LogP contribution in [-0.2, 0) is 9.47 Å². The van der Waals surface area contributed by atoms with E-state index in [2.05, 4.69) is 5.32 Å². The molecule has 138 valence electrons. The van der Waals surface area contributed by atoms with Crippen LogP contribution in [0.15, 0.2) is 0 Å². The molecule has 1 N–H and O–H groups in total. The SMILES string of the molecule is CN(C)C(=O)N1CCC(NC[C@H]2COC3(CCCCCC3)O2)CC1. The standard InChI is InChI=1S/C18H33N3O3/c1-20(2)17(22)21-11-7-15(8-12-21)19-13-16-14-23-18(24-16)9-5-3-4-6-10-18/h15-16,19H,3-14H2,1-2H3/t16-/m0/s1. The van der Waals surface area contributed by atoms with Gasteiger partial charge in [-0.2, -0.15) is 0 Å². The van der Waals surface area contributed by atoms with Gasteiger partial charge in [0.25, 0.3) is 0 Å². The van der Waals surface area contributed by atoms with Crippen LogP contribution in [0.2, 0.25) is 0 Å². The monoisotopic (exact) mass is 339 g/mol. The van der Waals surface area contributed by atoms with E-state index in [0.29, 0.717) is 12.6 Å². The van der Waals surface area contributed by atoms with Crippen LogP contribution in [0.5, 0.6) is 0 Å². The van der Waals surface area contributed by atoms with Gasteiger partial charge >= 0.3 is 6.03 Å². The number of carbonyl (C=O) groups is 1. The average Bonchev–Trinajstić information content (AvgIpc) is 2.84. The van der Waals surface area contributed by atoms with Crippen molar-refractivity contribution in [1.29, 1.82) is 0 Å². The summed E-state index contributed by atoms with van der Waals surface area (Å²) >= 11 is 0. The highest BCUT2D eigenvalue weighted by Crippen LogP contribution is 2.36. The molecule has 6 heteroatoms. The number of hydrogen-bond donors (Lipinski definition) is 1. The quantitative estimate of drug-likeness (QED) is 0.856. The van der Waals surface area contributed by atoms with Crippen LogP contribution in [0.1, 0.15) is 51.4 Å². The molecule has 1 saturated carbocycles. The molecular weight excluding hydrogens is 306 g/mol. The molecule has 0 radical (unpaired) electrons. The molecule has 24 heavy (non-hydrogen) atoms. The lowest BCUT2D eigenvalue weighted by atomic mass is 10.1. The molecule has 1 atom stereocenters. The molecule has 2 heterocycles. The third-order valence-electron chi connectivity index (χ3n) is 5.56. The fourth-order valence-corrected chi connectivity index (χ4v) is 4.10. The van der Waals surface area contributed by atoms with E-state index in [1.165, 1.54) is 25.7 Å². The van der Waals surface area contributed by atoms with Gasteiger partial charge in [0.15, 0.2) is 5.79 Å². The van der Waals surface area contributed by atoms with Crippen molar-refractivity contribution in [2.45, 2.75) is 69.3 Å². The van der Waals surface area contributed by atoms with E-state index in [9.17, 15) is 4.79 Å². The predicted octanol–water partition coefficient (Wildman–Crippen LogP) is 2.19. The lowest BCUT2D eigenvalue weighted by molar-refractivity contribution is -0.175. The molecule has 0 aromatic carbocycles. The summed E-state index contributed by atoms with van der Waals surface area (Å²) in [5.74, 6) is -0.287. The summed E-state index contributed by atoms with van der Waals surface area (Å²) in [5.41, 5.74) is 0. The minimum absolute atomic E-state index is 0.122. The third-order valence-corrected chi connectivity index (χ3v) is 5.56. The Morgan fingerprint density at radius 3 is 2.46 bits per heavy atom. The summed E-state index contributed by atoms with van der Waals surface area (Å²) in [6.07, 6.45) is 9.35. The second-order valence-corrected chi connectivity index (χ2v) is 7.72. The lowest BCUT2D eigenvalue weighted by Crippen LogP contribution is -2.49. The smallest absolute Gasteiger partial charge is 0.319 e. The lowest BCUT2D eigenvalue weighted by Gasteiger charge is -2.34. The van der Waals surface area contributed by atoms with E-state index in [1.54, 1.807) is 4.90 Å². The molecule has 1 spiro atoms. The molecule has 0 aromatic heterocycles. The van der Waals surface area contributed by atoms with Gasteiger partial charge in [0, 0.05) is 52.6 Å². The first-order valence-electron chi connectivity index (χ1n) is 9.59. The summed E-state index contributed by atoms with van der Waals surface area (Å²) in [4.78, 5) is 15.6. The van der Waals surface area contributed by atoms with Crippen LogP contribution >= 0.6 is 0 Å². The predicted molar refractivity (Wildman–Crippen MR) is 92.9 cm³/mol. The highest BCUT2D eigenvalue weighted by Gasteiger charge is 2.41. The molecule has 2 amide bonds. The summed E-state index contributed by atoms with van der Waals surface area (Å²) in [6.45, 7) is 3.24. The maximum Gasteiger partial charge on any atom is 0.319 e. The fraction of sp³-hybridized carbons (Fsp3) is 0.944. The molecule has 2 aliphatic heterocycles. The molecule has 3 fully saturated rings. The van der Waals surface area contributed by atoms with Crippen LogP contribution in [0.4, 0.5) is 4.79 Å². The zero-order valence-corrected chi connectivity index (χ0v) is 15.3. The van der Waals surface area contributed by atoms with Crippen molar-refractivity contribution >= 4 is 6.03 Å². The van der Waals surface area contributed by atoms with Crippen molar-refractivity contribution < 1.29 is 14.3 Å². The molecule has 2 saturated heterocycles. The van der Waals surface area contributed by atoms with Crippen molar-refractivity contribution in [3.63, 3.8) is 0 Å². The summed E-state index contributed by atoms with van der Waals surface area (Å²) in [5, 5.41) is 3.63. The number of hydrogen-bond acceptors (Lipinski definition) is 4. The van der Waals surface area contributed by atoms with E-state index >= 15 is 0 Å². The van der Waals surface area contributed by atoms with Gasteiger partial charge in [-0.3, -0.25) is 0 Å². The normalized spacial score (nSPS) is 28.1. The van der Waals surface area contributed by atoms with Crippen LogP contribution in [-0.4, -0.2) is 74.1 Å². The molecule has 1 aliphatic carbocycles. The first-order valence-corrected chi connectivity index (χ1v) is 9.59. The molecule has 6 nitrogen and oxygen atoms in total. The van der Waals surface area contributed by atoms with E-state index in [0.717, 1.165) is 45.3 Å². The summed E-state index contributed by atoms with van der Waals surface area (Å²) in [6, 6.07) is 0.599. The summed E-state index contributed by atoms with van der Waals surface area (Å²) < 4.78 is 12.4. The number of nitrogens with zero attached hydrogens (tertiary/aromatic N) is 2. The second kappa shape index (κ2) is 8.02. The Balaban J connectivity index is 1.38. The minimum Gasteiger partial charge on any atom is -0.347 e. The van der Waals surface area contributed by atoms with Crippen molar-refractivity contribution in [2.75, 3.05) is 40.3 Å². The number of nitrogens with one attached hydrogen (secondary N) is 1. The fourth-order valence-electron chi connectivity index (χ4n) is 4.10. The van der Waals surface area contributed by atoms with E-state index in [-0.39, 0.29) is 17.9 Å². The molecule has 0 bridgehead atoms. The van der Waals surface area contributed by atoms with Gasteiger partial charge in [-0.1, -0.05) is 12.8 Å². The Kier molecular flexibility index (Phi) is 6.00. The molecular formula is C18H33N3O3. The van der Waals surface area contributed by atoms with Gasteiger partial charge in [-0.05, 0) is 25.7 Å². The number of urea groups is 1. The Hall–Kier alpha value is -0.850. The van der Waals surface area contributed by atoms with Crippen LogP contribution in [0.25, 0.3) is 0 Å². The van der Waals surface area contributed by atoms with Gasteiger partial charge in [0.05, 0.1) is 12.7 Å². The molecule has 3 aliphatic rings. The number of amides is 2. The van der Waals surface area contributed by atoms with Gasteiger partial charge in [0.2, 0.25) is 0 Å². The van der Waals surface area contributed by atoms with E-state index in [4.69, 9.17) is 9.47 Å². The van der Waals surface area contributed by atoms with Crippen molar-refractivity contribution in [2.24, 2.45) is 0 Å². The Morgan fingerprint density at radius 2 is 1.83 bits per heavy atom. The first-order chi connectivity index (χ1) is 11.6. The summed E-state index contributed by atoms with van der Waals surface area (Å²) in [7, 11) is 3.63. The molecule has 3 rings (SSSR count). The third kappa shape index (κ3) is 4.41. The Bertz CT molecular complexity index is 414. The minimum atomic E-state index is -0.287. The topological polar surface area (TPSA) is 54.0 Å². The average molecular weight is 339 g/mol. The maximum absolute atomic E-state index is 12.0. The number of piperidine rings is 1. The van der Waals surface area contributed by atoms with E-state index in [1.807, 2.05) is 19.0 Å². The number of likely N-dealkylation sites (tertiary alicyclic amines) is 1. The van der Waals surface area contributed by atoms with Crippen molar-refractivity contribution in [1.82, 2.24) is 15.1 Å². The largest absolute Gasteiger partial charge is 0.347 e. The van der Waals surface area contributed by atoms with E-state index < -0.39 is 0 Å². The van der Waals surface area contributed by atoms with Crippen molar-refractivity contribution in [3.8, 4) is 0 Å². The first kappa shape index (κ1) is 18.0. The second-order valence-electron chi connectivity index (χ2n) is 7.72. The number of carbonyl (C=O) groups excluding carboxylic acids is 1. The number of rotatable bonds is 3. The molecule has 0 unspecified atom stereocenters. The van der Waals surface area contributed by atoms with Crippen LogP contribution in [0, 0.1) is 0 Å².